The van der Waals surface area contributed by atoms with Gasteiger partial charge in [-0.1, -0.05) is 26.0 Å². The molecule has 2 unspecified atom stereocenters. The quantitative estimate of drug-likeness (QED) is 0.343. The molecule has 0 N–H and O–H groups in total. The molecular weight excluding hydrogens is 100 g/mol. The van der Waals surface area contributed by atoms with E-state index >= 15 is 0 Å². The average Bonchev–Trinajstić information content (AvgIpc) is 2.46. The second-order valence-electron chi connectivity index (χ2n) is 1.80. The molecule has 1 heteroatoms. The van der Waals surface area contributed by atoms with Crippen LogP contribution in [-0.4, -0.2) is 12.2 Å². The number of hydrogen-bond donors (Lipinski definition) is 0. The van der Waals surface area contributed by atoms with Crippen molar-refractivity contribution in [1.82, 2.24) is 0 Å². The van der Waals surface area contributed by atoms with Gasteiger partial charge in [0.05, 0.1) is 6.10 Å². The van der Waals surface area contributed by atoms with Crippen molar-refractivity contribution in [3.63, 3.8) is 0 Å². The summed E-state index contributed by atoms with van der Waals surface area (Å²) in [7, 11) is 0. The van der Waals surface area contributed by atoms with Gasteiger partial charge in [0, 0.05) is 0 Å². The maximum Gasteiger partial charge on any atom is 0.103 e. The molecule has 2 atom stereocenters. The molecule has 2 rings (SSSR count). The molecule has 1 aliphatic heterocycles. The third-order valence-corrected chi connectivity index (χ3v) is 1.32. The fraction of sp³-hybridized carbons (Fsp3) is 0.714. The molecule has 1 fully saturated rings. The highest BCUT2D eigenvalue weighted by Gasteiger charge is 2.38. The van der Waals surface area contributed by atoms with Crippen LogP contribution >= 0.6 is 0 Å². The number of ether oxygens (including phenoxy) is 1. The van der Waals surface area contributed by atoms with Gasteiger partial charge in [-0.2, -0.15) is 0 Å². The van der Waals surface area contributed by atoms with Gasteiger partial charge >= 0.3 is 0 Å². The van der Waals surface area contributed by atoms with E-state index < -0.39 is 0 Å². The van der Waals surface area contributed by atoms with Crippen LogP contribution in [0.1, 0.15) is 20.3 Å². The van der Waals surface area contributed by atoms with Crippen LogP contribution in [0.4, 0.5) is 0 Å². The van der Waals surface area contributed by atoms with Crippen LogP contribution in [0.15, 0.2) is 12.2 Å². The van der Waals surface area contributed by atoms with E-state index in [0.717, 1.165) is 6.42 Å². The van der Waals surface area contributed by atoms with Crippen molar-refractivity contribution >= 4 is 0 Å². The monoisotopic (exact) mass is 112 g/mol. The Morgan fingerprint density at radius 2 is 2.25 bits per heavy atom. The van der Waals surface area contributed by atoms with Crippen molar-refractivity contribution in [3.05, 3.63) is 12.2 Å². The normalized spacial score (nSPS) is 37.8. The highest BCUT2D eigenvalue weighted by Crippen LogP contribution is 2.31. The third-order valence-electron chi connectivity index (χ3n) is 1.32. The fourth-order valence-corrected chi connectivity index (χ4v) is 0.862. The lowest BCUT2D eigenvalue weighted by Crippen LogP contribution is -1.75. The van der Waals surface area contributed by atoms with Crippen LogP contribution in [0, 0.1) is 0 Å². The average molecular weight is 112 g/mol. The second-order valence-corrected chi connectivity index (χ2v) is 1.80. The Balaban J connectivity index is 0.000000147. The maximum absolute atomic E-state index is 5.07. The summed E-state index contributed by atoms with van der Waals surface area (Å²) >= 11 is 0. The van der Waals surface area contributed by atoms with Crippen molar-refractivity contribution < 1.29 is 4.74 Å². The van der Waals surface area contributed by atoms with E-state index in [-0.39, 0.29) is 0 Å². The van der Waals surface area contributed by atoms with E-state index in [9.17, 15) is 0 Å². The van der Waals surface area contributed by atoms with Crippen LogP contribution in [0.2, 0.25) is 0 Å². The van der Waals surface area contributed by atoms with Gasteiger partial charge in [-0.15, -0.1) is 0 Å². The first-order chi connectivity index (χ1) is 3.97. The first-order valence-electron chi connectivity index (χ1n) is 3.29. The predicted molar refractivity (Wildman–Crippen MR) is 33.8 cm³/mol. The minimum atomic E-state index is 0.532. The molecule has 0 aromatic heterocycles. The Morgan fingerprint density at radius 3 is 2.38 bits per heavy atom. The Bertz CT molecular complexity index is 96.6. The van der Waals surface area contributed by atoms with E-state index in [4.69, 9.17) is 4.74 Å². The molecule has 1 aliphatic carbocycles. The molecule has 46 valence electrons. The van der Waals surface area contributed by atoms with Gasteiger partial charge in [0.15, 0.2) is 0 Å². The number of epoxide rings is 1. The van der Waals surface area contributed by atoms with Crippen molar-refractivity contribution in [2.24, 2.45) is 0 Å². The summed E-state index contributed by atoms with van der Waals surface area (Å²) in [4.78, 5) is 0. The van der Waals surface area contributed by atoms with Crippen LogP contribution in [0.5, 0.6) is 0 Å². The second kappa shape index (κ2) is 2.31. The zero-order valence-electron chi connectivity index (χ0n) is 5.42. The van der Waals surface area contributed by atoms with Crippen molar-refractivity contribution in [1.29, 1.82) is 0 Å². The number of rotatable bonds is 0. The molecule has 0 bridgehead atoms. The molecule has 1 nitrogen and oxygen atoms in total. The van der Waals surface area contributed by atoms with Gasteiger partial charge in [0.2, 0.25) is 0 Å². The molecule has 2 aliphatic rings. The highest BCUT2D eigenvalue weighted by atomic mass is 16.6. The van der Waals surface area contributed by atoms with Gasteiger partial charge in [-0.05, 0) is 6.42 Å². The first kappa shape index (κ1) is 5.83. The van der Waals surface area contributed by atoms with Crippen molar-refractivity contribution in [2.45, 2.75) is 32.5 Å². The molecule has 0 aromatic carbocycles. The smallest absolute Gasteiger partial charge is 0.103 e. The Morgan fingerprint density at radius 1 is 1.50 bits per heavy atom. The topological polar surface area (TPSA) is 12.5 Å². The standard InChI is InChI=1S/C5H6O.C2H6/c1-2-4-5(3-1)6-4;1-2/h1-2,4-5H,3H2;1-2H3. The molecule has 1 saturated heterocycles. The Hall–Kier alpha value is -0.300. The van der Waals surface area contributed by atoms with E-state index in [0.29, 0.717) is 12.2 Å². The SMILES string of the molecule is C1=CC2OC2C1.CC. The summed E-state index contributed by atoms with van der Waals surface area (Å²) in [5.74, 6) is 0. The number of hydrogen-bond acceptors (Lipinski definition) is 1. The van der Waals surface area contributed by atoms with Crippen LogP contribution in [-0.2, 0) is 4.74 Å². The van der Waals surface area contributed by atoms with Crippen LogP contribution in [0.3, 0.4) is 0 Å². The van der Waals surface area contributed by atoms with Crippen molar-refractivity contribution in [3.8, 4) is 0 Å². The van der Waals surface area contributed by atoms with E-state index in [1.165, 1.54) is 0 Å². The molecule has 1 heterocycles. The Labute approximate surface area is 50.3 Å². The summed E-state index contributed by atoms with van der Waals surface area (Å²) in [6.45, 7) is 4.00. The lowest BCUT2D eigenvalue weighted by atomic mass is 10.4. The van der Waals surface area contributed by atoms with E-state index in [1.54, 1.807) is 0 Å². The summed E-state index contributed by atoms with van der Waals surface area (Å²) in [5.41, 5.74) is 0. The molecule has 0 saturated carbocycles. The minimum absolute atomic E-state index is 0.532. The predicted octanol–water partition coefficient (Wildman–Crippen LogP) is 1.74. The highest BCUT2D eigenvalue weighted by molar-refractivity contribution is 5.12. The Kier molecular flexibility index (Phi) is 1.69. The largest absolute Gasteiger partial charge is 0.365 e. The lowest BCUT2D eigenvalue weighted by Gasteiger charge is -1.71. The van der Waals surface area contributed by atoms with Gasteiger partial charge in [0.1, 0.15) is 6.10 Å². The van der Waals surface area contributed by atoms with E-state index in [1.807, 2.05) is 13.8 Å². The van der Waals surface area contributed by atoms with Gasteiger partial charge in [-0.25, -0.2) is 0 Å². The summed E-state index contributed by atoms with van der Waals surface area (Å²) in [6, 6.07) is 0. The molecule has 8 heavy (non-hydrogen) atoms. The molecular formula is C7H12O. The zero-order valence-corrected chi connectivity index (χ0v) is 5.42. The maximum atomic E-state index is 5.07. The first-order valence-corrected chi connectivity index (χ1v) is 3.29. The summed E-state index contributed by atoms with van der Waals surface area (Å²) in [6.07, 6.45) is 6.60. The van der Waals surface area contributed by atoms with Gasteiger partial charge in [-0.3, -0.25) is 0 Å². The number of fused-ring (bicyclic) bond motifs is 1. The summed E-state index contributed by atoms with van der Waals surface area (Å²) in [5, 5.41) is 0. The molecule has 0 amide bonds. The third kappa shape index (κ3) is 0.920. The lowest BCUT2D eigenvalue weighted by molar-refractivity contribution is 0.382. The van der Waals surface area contributed by atoms with Crippen LogP contribution in [0.25, 0.3) is 0 Å². The zero-order chi connectivity index (χ0) is 5.98. The van der Waals surface area contributed by atoms with Crippen molar-refractivity contribution in [2.75, 3.05) is 0 Å². The van der Waals surface area contributed by atoms with E-state index in [2.05, 4.69) is 12.2 Å². The fourth-order valence-electron chi connectivity index (χ4n) is 0.862. The summed E-state index contributed by atoms with van der Waals surface area (Å²) < 4.78 is 5.07. The van der Waals surface area contributed by atoms with Gasteiger partial charge in [0.25, 0.3) is 0 Å². The molecule has 0 aromatic rings. The van der Waals surface area contributed by atoms with Gasteiger partial charge < -0.3 is 4.74 Å². The molecule has 0 radical (unpaired) electrons. The molecule has 0 spiro atoms. The van der Waals surface area contributed by atoms with Crippen LogP contribution < -0.4 is 0 Å². The minimum Gasteiger partial charge on any atom is -0.365 e.